The van der Waals surface area contributed by atoms with Crippen molar-refractivity contribution in [3.05, 3.63) is 22.8 Å². The summed E-state index contributed by atoms with van der Waals surface area (Å²) in [6, 6.07) is 0. The molecule has 6 nitrogen and oxygen atoms in total. The highest BCUT2D eigenvalue weighted by Gasteiger charge is 2.37. The second-order valence-electron chi connectivity index (χ2n) is 4.85. The number of carboxylic acid groups (broad SMARTS) is 1. The van der Waals surface area contributed by atoms with E-state index in [1.165, 1.54) is 6.92 Å². The van der Waals surface area contributed by atoms with Crippen LogP contribution in [-0.4, -0.2) is 30.7 Å². The summed E-state index contributed by atoms with van der Waals surface area (Å²) in [4.78, 5) is 18.3. The second-order valence-corrected chi connectivity index (χ2v) is 4.85. The minimum Gasteiger partial charge on any atom is -0.481 e. The maximum Gasteiger partial charge on any atom is 0.453 e. The summed E-state index contributed by atoms with van der Waals surface area (Å²) >= 11 is 0. The number of carbonyl (C=O) groups is 1. The third-order valence-corrected chi connectivity index (χ3v) is 3.23. The van der Waals surface area contributed by atoms with Gasteiger partial charge in [0.2, 0.25) is 0 Å². The number of fused-ring (bicyclic) bond motifs is 1. The molecule has 0 fully saturated rings. The number of aromatic nitrogens is 4. The first kappa shape index (κ1) is 15.2. The van der Waals surface area contributed by atoms with Gasteiger partial charge in [-0.3, -0.25) is 4.79 Å². The molecule has 0 aliphatic rings. The molecule has 2 aromatic heterocycles. The molecule has 1 N–H and O–H groups in total. The van der Waals surface area contributed by atoms with E-state index in [4.69, 9.17) is 5.11 Å². The maximum absolute atomic E-state index is 12.6. The first-order valence-electron chi connectivity index (χ1n) is 6.14. The van der Waals surface area contributed by atoms with E-state index in [0.29, 0.717) is 17.0 Å². The van der Waals surface area contributed by atoms with Crippen LogP contribution in [0.4, 0.5) is 13.2 Å². The van der Waals surface area contributed by atoms with Gasteiger partial charge in [0.05, 0.1) is 5.92 Å². The molecule has 0 amide bonds. The maximum atomic E-state index is 12.6. The van der Waals surface area contributed by atoms with Crippen LogP contribution in [0.3, 0.4) is 0 Å². The Morgan fingerprint density at radius 3 is 2.48 bits per heavy atom. The molecule has 2 heterocycles. The van der Waals surface area contributed by atoms with Crippen molar-refractivity contribution in [1.82, 2.24) is 19.6 Å². The molecule has 2 aromatic rings. The van der Waals surface area contributed by atoms with Gasteiger partial charge >= 0.3 is 12.1 Å². The average Bonchev–Trinajstić information content (AvgIpc) is 2.77. The quantitative estimate of drug-likeness (QED) is 0.938. The molecule has 1 atom stereocenters. The Morgan fingerprint density at radius 1 is 1.33 bits per heavy atom. The van der Waals surface area contributed by atoms with Crippen molar-refractivity contribution in [3.8, 4) is 0 Å². The Labute approximate surface area is 117 Å². The minimum atomic E-state index is -4.65. The van der Waals surface area contributed by atoms with Crippen molar-refractivity contribution in [2.24, 2.45) is 5.92 Å². The molecule has 0 saturated carbocycles. The highest BCUT2D eigenvalue weighted by Crippen LogP contribution is 2.27. The van der Waals surface area contributed by atoms with Crippen LogP contribution in [0, 0.1) is 19.8 Å². The Bertz CT molecular complexity index is 709. The molecule has 0 bridgehead atoms. The van der Waals surface area contributed by atoms with Gasteiger partial charge in [0.25, 0.3) is 11.6 Å². The highest BCUT2D eigenvalue weighted by molar-refractivity contribution is 5.70. The SMILES string of the molecule is Cc1nc2nc(C(F)(F)F)nn2c(C)c1CC(C)C(=O)O. The van der Waals surface area contributed by atoms with Crippen LogP contribution in [0.25, 0.3) is 5.78 Å². The predicted octanol–water partition coefficient (Wildman–Crippen LogP) is 2.02. The first-order chi connectivity index (χ1) is 9.61. The molecule has 0 aliphatic carbocycles. The number of aryl methyl sites for hydroxylation is 2. The number of alkyl halides is 3. The van der Waals surface area contributed by atoms with Crippen LogP contribution in [0.1, 0.15) is 29.7 Å². The van der Waals surface area contributed by atoms with Gasteiger partial charge in [-0.05, 0) is 25.8 Å². The van der Waals surface area contributed by atoms with Gasteiger partial charge in [-0.2, -0.15) is 18.2 Å². The van der Waals surface area contributed by atoms with Crippen molar-refractivity contribution in [1.29, 1.82) is 0 Å². The van der Waals surface area contributed by atoms with E-state index in [9.17, 15) is 18.0 Å². The molecule has 0 aliphatic heterocycles. The molecular weight excluding hydrogens is 289 g/mol. The van der Waals surface area contributed by atoms with Gasteiger partial charge in [0.1, 0.15) is 0 Å². The topological polar surface area (TPSA) is 80.4 Å². The molecular formula is C12H13F3N4O2. The number of halogens is 3. The second kappa shape index (κ2) is 4.97. The fourth-order valence-electron chi connectivity index (χ4n) is 2.02. The van der Waals surface area contributed by atoms with Crippen LogP contribution < -0.4 is 0 Å². The first-order valence-corrected chi connectivity index (χ1v) is 6.14. The molecule has 114 valence electrons. The molecule has 0 radical (unpaired) electrons. The lowest BCUT2D eigenvalue weighted by Gasteiger charge is -2.12. The van der Waals surface area contributed by atoms with Gasteiger partial charge in [-0.1, -0.05) is 6.92 Å². The van der Waals surface area contributed by atoms with Crippen molar-refractivity contribution < 1.29 is 23.1 Å². The Hall–Kier alpha value is -2.19. The summed E-state index contributed by atoms with van der Waals surface area (Å²) in [5.41, 5.74) is 1.43. The number of aliphatic carboxylic acids is 1. The van der Waals surface area contributed by atoms with Gasteiger partial charge in [0.15, 0.2) is 0 Å². The summed E-state index contributed by atoms with van der Waals surface area (Å²) in [6.07, 6.45) is -4.49. The number of nitrogens with zero attached hydrogens (tertiary/aromatic N) is 4. The van der Waals surface area contributed by atoms with Crippen LogP contribution in [0.15, 0.2) is 0 Å². The molecule has 1 unspecified atom stereocenters. The number of carboxylic acids is 1. The lowest BCUT2D eigenvalue weighted by atomic mass is 9.99. The highest BCUT2D eigenvalue weighted by atomic mass is 19.4. The molecule has 21 heavy (non-hydrogen) atoms. The molecule has 0 spiro atoms. The largest absolute Gasteiger partial charge is 0.481 e. The molecule has 0 saturated heterocycles. The fourth-order valence-corrected chi connectivity index (χ4v) is 2.02. The van der Waals surface area contributed by atoms with Gasteiger partial charge in [-0.15, -0.1) is 5.10 Å². The lowest BCUT2D eigenvalue weighted by Crippen LogP contribution is -2.16. The zero-order valence-electron chi connectivity index (χ0n) is 11.6. The van der Waals surface area contributed by atoms with E-state index < -0.39 is 23.9 Å². The Kier molecular flexibility index (Phi) is 3.60. The zero-order chi connectivity index (χ0) is 15.9. The Morgan fingerprint density at radius 2 is 1.95 bits per heavy atom. The van der Waals surface area contributed by atoms with Crippen molar-refractivity contribution >= 4 is 11.7 Å². The third-order valence-electron chi connectivity index (χ3n) is 3.23. The monoisotopic (exact) mass is 302 g/mol. The van der Waals surface area contributed by atoms with Crippen molar-refractivity contribution in [2.75, 3.05) is 0 Å². The average molecular weight is 302 g/mol. The van der Waals surface area contributed by atoms with Crippen LogP contribution in [0.2, 0.25) is 0 Å². The summed E-state index contributed by atoms with van der Waals surface area (Å²) < 4.78 is 38.9. The predicted molar refractivity (Wildman–Crippen MR) is 65.8 cm³/mol. The van der Waals surface area contributed by atoms with Crippen molar-refractivity contribution in [3.63, 3.8) is 0 Å². The molecule has 2 rings (SSSR count). The summed E-state index contributed by atoms with van der Waals surface area (Å²) in [6.45, 7) is 4.70. The number of rotatable bonds is 3. The number of hydrogen-bond acceptors (Lipinski definition) is 4. The van der Waals surface area contributed by atoms with E-state index in [0.717, 1.165) is 4.52 Å². The Balaban J connectivity index is 2.56. The summed E-state index contributed by atoms with van der Waals surface area (Å²) in [7, 11) is 0. The summed E-state index contributed by atoms with van der Waals surface area (Å²) in [5.74, 6) is -3.07. The van der Waals surface area contributed by atoms with E-state index in [-0.39, 0.29) is 12.2 Å². The molecule has 9 heteroatoms. The van der Waals surface area contributed by atoms with E-state index in [2.05, 4.69) is 15.1 Å². The fraction of sp³-hybridized carbons (Fsp3) is 0.500. The van der Waals surface area contributed by atoms with Crippen molar-refractivity contribution in [2.45, 2.75) is 33.4 Å². The van der Waals surface area contributed by atoms with E-state index in [1.54, 1.807) is 13.8 Å². The standard InChI is InChI=1S/C12H13F3N4O2/c1-5(9(20)21)4-8-6(2)16-11-17-10(12(13,14)15)18-19(11)7(8)3/h5H,4H2,1-3H3,(H,20,21). The smallest absolute Gasteiger partial charge is 0.453 e. The van der Waals surface area contributed by atoms with Crippen LogP contribution >= 0.6 is 0 Å². The van der Waals surface area contributed by atoms with Crippen LogP contribution in [-0.2, 0) is 17.4 Å². The molecule has 0 aromatic carbocycles. The van der Waals surface area contributed by atoms with Gasteiger partial charge < -0.3 is 5.11 Å². The zero-order valence-corrected chi connectivity index (χ0v) is 11.6. The lowest BCUT2D eigenvalue weighted by molar-refractivity contribution is -0.144. The van der Waals surface area contributed by atoms with E-state index >= 15 is 0 Å². The summed E-state index contributed by atoms with van der Waals surface area (Å²) in [5, 5.41) is 12.4. The minimum absolute atomic E-state index is 0.149. The third kappa shape index (κ3) is 2.81. The normalized spacial score (nSPS) is 13.6. The van der Waals surface area contributed by atoms with Crippen LogP contribution in [0.5, 0.6) is 0 Å². The van der Waals surface area contributed by atoms with Gasteiger partial charge in [-0.25, -0.2) is 9.50 Å². The van der Waals surface area contributed by atoms with Gasteiger partial charge in [0, 0.05) is 11.4 Å². The number of hydrogen-bond donors (Lipinski definition) is 1. The van der Waals surface area contributed by atoms with E-state index in [1.807, 2.05) is 0 Å².